The van der Waals surface area contributed by atoms with E-state index < -0.39 is 5.56 Å². The highest BCUT2D eigenvalue weighted by atomic mass is 16.3. The van der Waals surface area contributed by atoms with Gasteiger partial charge in [-0.3, -0.25) is 4.79 Å². The van der Waals surface area contributed by atoms with E-state index in [4.69, 9.17) is 10.5 Å². The van der Waals surface area contributed by atoms with Gasteiger partial charge in [0.15, 0.2) is 5.65 Å². The Kier molecular flexibility index (Phi) is 3.09. The first kappa shape index (κ1) is 13.4. The predicted octanol–water partition coefficient (Wildman–Crippen LogP) is 1.06. The molecule has 0 fully saturated rings. The van der Waals surface area contributed by atoms with E-state index in [1.807, 2.05) is 12.1 Å². The molecule has 106 valence electrons. The second-order valence-electron chi connectivity index (χ2n) is 4.67. The lowest BCUT2D eigenvalue weighted by Gasteiger charge is -2.06. The highest BCUT2D eigenvalue weighted by Gasteiger charge is 2.15. The normalized spacial score (nSPS) is 10.3. The van der Waals surface area contributed by atoms with Crippen LogP contribution in [-0.2, 0) is 6.42 Å². The molecule has 3 rings (SSSR count). The quantitative estimate of drug-likeness (QED) is 0.732. The lowest BCUT2D eigenvalue weighted by atomic mass is 10.1. The number of benzene rings is 1. The number of aromatic nitrogens is 3. The summed E-state index contributed by atoms with van der Waals surface area (Å²) < 4.78 is 1.12. The summed E-state index contributed by atoms with van der Waals surface area (Å²) in [6, 6.07) is 10.6. The Bertz CT molecular complexity index is 1000. The van der Waals surface area contributed by atoms with Crippen molar-refractivity contribution in [1.82, 2.24) is 14.6 Å². The van der Waals surface area contributed by atoms with Crippen LogP contribution < -0.4 is 5.56 Å². The first-order valence-electron chi connectivity index (χ1n) is 6.35. The molecule has 0 bridgehead atoms. The average Bonchev–Trinajstić information content (AvgIpc) is 2.95. The molecule has 0 unspecified atom stereocenters. The molecular weight excluding hydrogens is 282 g/mol. The van der Waals surface area contributed by atoms with Crippen LogP contribution in [0.15, 0.2) is 35.3 Å². The Morgan fingerprint density at radius 1 is 1.23 bits per heavy atom. The van der Waals surface area contributed by atoms with Gasteiger partial charge in [0, 0.05) is 6.42 Å². The lowest BCUT2D eigenvalue weighted by Crippen LogP contribution is -2.16. The van der Waals surface area contributed by atoms with Gasteiger partial charge in [-0.05, 0) is 17.7 Å². The van der Waals surface area contributed by atoms with Gasteiger partial charge >= 0.3 is 0 Å². The largest absolute Gasteiger partial charge is 0.493 e. The molecule has 22 heavy (non-hydrogen) atoms. The monoisotopic (exact) mass is 291 g/mol. The predicted molar refractivity (Wildman–Crippen MR) is 76.2 cm³/mol. The Morgan fingerprint density at radius 3 is 2.59 bits per heavy atom. The van der Waals surface area contributed by atoms with Gasteiger partial charge in [-0.2, -0.15) is 20.1 Å². The minimum atomic E-state index is -0.480. The Balaban J connectivity index is 2.09. The van der Waals surface area contributed by atoms with Crippen LogP contribution in [0.3, 0.4) is 0 Å². The molecular formula is C15H9N5O2. The molecule has 2 N–H and O–H groups in total. The summed E-state index contributed by atoms with van der Waals surface area (Å²) in [5.41, 5.74) is 1.29. The number of aromatic hydroxyl groups is 1. The van der Waals surface area contributed by atoms with Crippen molar-refractivity contribution in [2.45, 2.75) is 6.42 Å². The van der Waals surface area contributed by atoms with E-state index in [0.717, 1.165) is 10.1 Å². The molecule has 2 aromatic heterocycles. The van der Waals surface area contributed by atoms with E-state index in [2.05, 4.69) is 10.1 Å². The molecule has 0 aliphatic carbocycles. The molecule has 7 nitrogen and oxygen atoms in total. The van der Waals surface area contributed by atoms with E-state index in [9.17, 15) is 9.90 Å². The number of fused-ring (bicyclic) bond motifs is 1. The number of hydrogen-bond acceptors (Lipinski definition) is 5. The van der Waals surface area contributed by atoms with Crippen LogP contribution >= 0.6 is 0 Å². The summed E-state index contributed by atoms with van der Waals surface area (Å²) in [5.74, 6) is -0.301. The summed E-state index contributed by atoms with van der Waals surface area (Å²) in [7, 11) is 0. The minimum absolute atomic E-state index is 0.143. The molecule has 0 radical (unpaired) electrons. The molecule has 1 aromatic carbocycles. The molecule has 2 heterocycles. The van der Waals surface area contributed by atoms with Gasteiger partial charge in [0.05, 0.1) is 23.4 Å². The maximum Gasteiger partial charge on any atom is 0.258 e. The molecule has 0 amide bonds. The fourth-order valence-corrected chi connectivity index (χ4v) is 2.18. The summed E-state index contributed by atoms with van der Waals surface area (Å²) in [4.78, 5) is 14.7. The van der Waals surface area contributed by atoms with E-state index in [1.165, 1.54) is 6.20 Å². The SMILES string of the molecule is N#Cc1ccc(Cc2c(O)n3ncc(C#N)c3[nH]c2=O)cc1. The Labute approximate surface area is 124 Å². The molecule has 0 saturated carbocycles. The van der Waals surface area contributed by atoms with Crippen molar-refractivity contribution >= 4 is 5.65 Å². The van der Waals surface area contributed by atoms with E-state index in [0.29, 0.717) is 5.56 Å². The Morgan fingerprint density at radius 2 is 1.95 bits per heavy atom. The number of nitrogens with zero attached hydrogens (tertiary/aromatic N) is 4. The fourth-order valence-electron chi connectivity index (χ4n) is 2.18. The van der Waals surface area contributed by atoms with Crippen LogP contribution in [-0.4, -0.2) is 19.7 Å². The maximum atomic E-state index is 12.1. The smallest absolute Gasteiger partial charge is 0.258 e. The second-order valence-corrected chi connectivity index (χ2v) is 4.67. The molecule has 0 saturated heterocycles. The van der Waals surface area contributed by atoms with Gasteiger partial charge in [0.1, 0.15) is 11.6 Å². The zero-order chi connectivity index (χ0) is 15.7. The van der Waals surface area contributed by atoms with Crippen molar-refractivity contribution < 1.29 is 5.11 Å². The third-order valence-corrected chi connectivity index (χ3v) is 3.33. The highest BCUT2D eigenvalue weighted by molar-refractivity contribution is 5.56. The summed E-state index contributed by atoms with van der Waals surface area (Å²) in [6.07, 6.45) is 1.46. The number of nitrogens with one attached hydrogen (secondary N) is 1. The molecule has 0 aliphatic rings. The number of nitriles is 2. The number of hydrogen-bond donors (Lipinski definition) is 2. The van der Waals surface area contributed by atoms with E-state index in [1.54, 1.807) is 24.3 Å². The van der Waals surface area contributed by atoms with Crippen LogP contribution in [0.1, 0.15) is 22.3 Å². The summed E-state index contributed by atoms with van der Waals surface area (Å²) >= 11 is 0. The van der Waals surface area contributed by atoms with Crippen LogP contribution in [0.4, 0.5) is 0 Å². The average molecular weight is 291 g/mol. The van der Waals surface area contributed by atoms with Crippen LogP contribution in [0.25, 0.3) is 5.65 Å². The van der Waals surface area contributed by atoms with Gasteiger partial charge in [0.2, 0.25) is 5.88 Å². The number of H-pyrrole nitrogens is 1. The first-order valence-corrected chi connectivity index (χ1v) is 6.35. The van der Waals surface area contributed by atoms with Gasteiger partial charge in [-0.1, -0.05) is 12.1 Å². The van der Waals surface area contributed by atoms with Crippen LogP contribution in [0, 0.1) is 22.7 Å². The fraction of sp³-hybridized carbons (Fsp3) is 0.0667. The van der Waals surface area contributed by atoms with Crippen molar-refractivity contribution in [2.75, 3.05) is 0 Å². The summed E-state index contributed by atoms with van der Waals surface area (Å²) in [5, 5.41) is 31.8. The maximum absolute atomic E-state index is 12.1. The second kappa shape index (κ2) is 5.08. The van der Waals surface area contributed by atoms with Crippen LogP contribution in [0.5, 0.6) is 5.88 Å². The zero-order valence-corrected chi connectivity index (χ0v) is 11.2. The standard InChI is InChI=1S/C15H9N5O2/c16-6-10-3-1-9(2-4-10)5-12-14(21)19-13-11(7-17)8-18-20(13)15(12)22/h1-4,8,22H,5H2,(H,19,21). The van der Waals surface area contributed by atoms with Crippen LogP contribution in [0.2, 0.25) is 0 Å². The molecule has 0 atom stereocenters. The molecule has 0 aliphatic heterocycles. The van der Waals surface area contributed by atoms with E-state index in [-0.39, 0.29) is 29.1 Å². The summed E-state index contributed by atoms with van der Waals surface area (Å²) in [6.45, 7) is 0. The van der Waals surface area contributed by atoms with Crippen molar-refractivity contribution in [3.8, 4) is 18.0 Å². The zero-order valence-electron chi connectivity index (χ0n) is 11.2. The topological polar surface area (TPSA) is 118 Å². The molecule has 3 aromatic rings. The van der Waals surface area contributed by atoms with Gasteiger partial charge in [-0.15, -0.1) is 0 Å². The third-order valence-electron chi connectivity index (χ3n) is 3.33. The minimum Gasteiger partial charge on any atom is -0.493 e. The van der Waals surface area contributed by atoms with Gasteiger partial charge < -0.3 is 10.1 Å². The van der Waals surface area contributed by atoms with Gasteiger partial charge in [0.25, 0.3) is 5.56 Å². The molecule has 0 spiro atoms. The van der Waals surface area contributed by atoms with Crippen molar-refractivity contribution in [3.63, 3.8) is 0 Å². The number of rotatable bonds is 2. The van der Waals surface area contributed by atoms with Crippen molar-refractivity contribution in [1.29, 1.82) is 10.5 Å². The van der Waals surface area contributed by atoms with Gasteiger partial charge in [-0.25, -0.2) is 0 Å². The lowest BCUT2D eigenvalue weighted by molar-refractivity contribution is 0.428. The van der Waals surface area contributed by atoms with Crippen molar-refractivity contribution in [2.24, 2.45) is 0 Å². The third kappa shape index (κ3) is 2.07. The molecule has 7 heteroatoms. The highest BCUT2D eigenvalue weighted by Crippen LogP contribution is 2.19. The Hall–Kier alpha value is -3.58. The van der Waals surface area contributed by atoms with E-state index >= 15 is 0 Å². The van der Waals surface area contributed by atoms with Crippen molar-refractivity contribution in [3.05, 3.63) is 63.1 Å². The number of aromatic amines is 1. The first-order chi connectivity index (χ1) is 10.6.